The Hall–Kier alpha value is -2.12. The van der Waals surface area contributed by atoms with Crippen LogP contribution >= 0.6 is 0 Å². The Morgan fingerprint density at radius 3 is 2.70 bits per heavy atom. The number of amides is 1. The maximum Gasteiger partial charge on any atom is 0.417 e. The standard InChI is InChI=1S/C12H11F3N2O3/c1-3-20-10(19)11(2)7-4-6(12(13,14)15)5-16-8(7)17-9(11)18/h4-5H,3H2,1-2H3,(H,16,17,18). The zero-order valence-electron chi connectivity index (χ0n) is 10.7. The summed E-state index contributed by atoms with van der Waals surface area (Å²) in [7, 11) is 0. The van der Waals surface area contributed by atoms with Crippen molar-refractivity contribution < 1.29 is 27.5 Å². The lowest BCUT2D eigenvalue weighted by molar-refractivity contribution is -0.152. The summed E-state index contributed by atoms with van der Waals surface area (Å²) in [6.07, 6.45) is -4.00. The predicted molar refractivity (Wildman–Crippen MR) is 61.9 cm³/mol. The highest BCUT2D eigenvalue weighted by molar-refractivity contribution is 6.18. The van der Waals surface area contributed by atoms with Crippen molar-refractivity contribution in [3.05, 3.63) is 23.4 Å². The lowest BCUT2D eigenvalue weighted by Gasteiger charge is -2.20. The van der Waals surface area contributed by atoms with Crippen LogP contribution < -0.4 is 5.32 Å². The van der Waals surface area contributed by atoms with E-state index in [0.29, 0.717) is 6.20 Å². The number of rotatable bonds is 2. The Kier molecular flexibility index (Phi) is 3.19. The highest BCUT2D eigenvalue weighted by atomic mass is 19.4. The smallest absolute Gasteiger partial charge is 0.417 e. The first-order valence-electron chi connectivity index (χ1n) is 5.77. The van der Waals surface area contributed by atoms with E-state index in [-0.39, 0.29) is 18.0 Å². The molecule has 0 radical (unpaired) electrons. The van der Waals surface area contributed by atoms with Crippen LogP contribution in [0.25, 0.3) is 0 Å². The lowest BCUT2D eigenvalue weighted by atomic mass is 9.84. The van der Waals surface area contributed by atoms with Crippen molar-refractivity contribution in [1.29, 1.82) is 0 Å². The Morgan fingerprint density at radius 1 is 1.50 bits per heavy atom. The highest BCUT2D eigenvalue weighted by Gasteiger charge is 2.52. The van der Waals surface area contributed by atoms with Crippen LogP contribution in [0.1, 0.15) is 25.0 Å². The number of ether oxygens (including phenoxy) is 1. The molecule has 1 N–H and O–H groups in total. The molecule has 1 amide bonds. The van der Waals surface area contributed by atoms with Gasteiger partial charge < -0.3 is 10.1 Å². The van der Waals surface area contributed by atoms with Gasteiger partial charge in [-0.15, -0.1) is 0 Å². The molecule has 20 heavy (non-hydrogen) atoms. The van der Waals surface area contributed by atoms with Gasteiger partial charge in [0.05, 0.1) is 12.2 Å². The average molecular weight is 288 g/mol. The van der Waals surface area contributed by atoms with Crippen LogP contribution in [-0.4, -0.2) is 23.5 Å². The van der Waals surface area contributed by atoms with Crippen LogP contribution in [0.5, 0.6) is 0 Å². The molecule has 1 aromatic rings. The van der Waals surface area contributed by atoms with Crippen LogP contribution in [0.15, 0.2) is 12.3 Å². The van der Waals surface area contributed by atoms with Crippen molar-refractivity contribution in [3.63, 3.8) is 0 Å². The zero-order chi connectivity index (χ0) is 15.1. The van der Waals surface area contributed by atoms with Crippen molar-refractivity contribution in [2.75, 3.05) is 11.9 Å². The van der Waals surface area contributed by atoms with Crippen molar-refractivity contribution in [2.45, 2.75) is 25.4 Å². The largest absolute Gasteiger partial charge is 0.465 e. The van der Waals surface area contributed by atoms with Crippen LogP contribution in [0.2, 0.25) is 0 Å². The Balaban J connectivity index is 2.56. The summed E-state index contributed by atoms with van der Waals surface area (Å²) in [5.41, 5.74) is -2.97. The molecule has 1 unspecified atom stereocenters. The van der Waals surface area contributed by atoms with Gasteiger partial charge in [0.1, 0.15) is 5.82 Å². The first-order valence-corrected chi connectivity index (χ1v) is 5.77. The van der Waals surface area contributed by atoms with Gasteiger partial charge in [-0.2, -0.15) is 13.2 Å². The first-order chi connectivity index (χ1) is 9.21. The van der Waals surface area contributed by atoms with E-state index in [1.807, 2.05) is 0 Å². The summed E-state index contributed by atoms with van der Waals surface area (Å²) in [5, 5.41) is 2.29. The molecule has 5 nitrogen and oxygen atoms in total. The van der Waals surface area contributed by atoms with Gasteiger partial charge in [0.15, 0.2) is 5.41 Å². The Morgan fingerprint density at radius 2 is 2.15 bits per heavy atom. The molecule has 0 saturated heterocycles. The third kappa shape index (κ3) is 2.00. The number of esters is 1. The molecule has 0 bridgehead atoms. The lowest BCUT2D eigenvalue weighted by Crippen LogP contribution is -2.41. The number of carbonyl (C=O) groups is 2. The number of halogens is 3. The summed E-state index contributed by atoms with van der Waals surface area (Å²) in [6, 6.07) is 0.747. The van der Waals surface area contributed by atoms with E-state index < -0.39 is 29.0 Å². The molecule has 1 aliphatic heterocycles. The molecule has 2 heterocycles. The van der Waals surface area contributed by atoms with E-state index in [1.54, 1.807) is 6.92 Å². The Bertz CT molecular complexity index is 586. The van der Waals surface area contributed by atoms with Gasteiger partial charge in [-0.05, 0) is 19.9 Å². The molecule has 1 aliphatic rings. The van der Waals surface area contributed by atoms with Crippen molar-refractivity contribution in [1.82, 2.24) is 4.98 Å². The fourth-order valence-electron chi connectivity index (χ4n) is 1.93. The summed E-state index contributed by atoms with van der Waals surface area (Å²) >= 11 is 0. The van der Waals surface area contributed by atoms with Gasteiger partial charge in [-0.1, -0.05) is 0 Å². The van der Waals surface area contributed by atoms with Crippen molar-refractivity contribution >= 4 is 17.7 Å². The third-order valence-electron chi connectivity index (χ3n) is 3.12. The molecule has 0 fully saturated rings. The number of pyridine rings is 1. The van der Waals surface area contributed by atoms with E-state index >= 15 is 0 Å². The summed E-state index contributed by atoms with van der Waals surface area (Å²) in [4.78, 5) is 27.4. The maximum atomic E-state index is 12.7. The molecule has 0 spiro atoms. The summed E-state index contributed by atoms with van der Waals surface area (Å²) < 4.78 is 42.9. The average Bonchev–Trinajstić information content (AvgIpc) is 2.61. The Labute approximate surface area is 112 Å². The molecule has 1 atom stereocenters. The minimum Gasteiger partial charge on any atom is -0.465 e. The number of hydrogen-bond donors (Lipinski definition) is 1. The number of fused-ring (bicyclic) bond motifs is 1. The number of nitrogens with zero attached hydrogens (tertiary/aromatic N) is 1. The van der Waals surface area contributed by atoms with Crippen LogP contribution in [-0.2, 0) is 25.9 Å². The molecular formula is C12H11F3N2O3. The molecular weight excluding hydrogens is 277 g/mol. The molecule has 0 aliphatic carbocycles. The second kappa shape index (κ2) is 4.46. The SMILES string of the molecule is CCOC(=O)C1(C)C(=O)Nc2ncc(C(F)(F)F)cc21. The first kappa shape index (κ1) is 14.3. The predicted octanol–water partition coefficient (Wildman–Crippen LogP) is 1.87. The van der Waals surface area contributed by atoms with Crippen molar-refractivity contribution in [3.8, 4) is 0 Å². The number of nitrogens with one attached hydrogen (secondary N) is 1. The van der Waals surface area contributed by atoms with E-state index in [9.17, 15) is 22.8 Å². The quantitative estimate of drug-likeness (QED) is 0.666. The molecule has 0 saturated carbocycles. The number of aromatic nitrogens is 1. The highest BCUT2D eigenvalue weighted by Crippen LogP contribution is 2.40. The fraction of sp³-hybridized carbons (Fsp3) is 0.417. The van der Waals surface area contributed by atoms with Gasteiger partial charge >= 0.3 is 12.1 Å². The van der Waals surface area contributed by atoms with Crippen LogP contribution in [0.3, 0.4) is 0 Å². The number of carbonyl (C=O) groups excluding carboxylic acids is 2. The zero-order valence-corrected chi connectivity index (χ0v) is 10.7. The molecule has 2 rings (SSSR count). The van der Waals surface area contributed by atoms with Crippen molar-refractivity contribution in [2.24, 2.45) is 0 Å². The number of hydrogen-bond acceptors (Lipinski definition) is 4. The molecule has 8 heteroatoms. The van der Waals surface area contributed by atoms with Gasteiger partial charge in [-0.25, -0.2) is 4.98 Å². The van der Waals surface area contributed by atoms with Crippen LogP contribution in [0, 0.1) is 0 Å². The number of anilines is 1. The fourth-order valence-corrected chi connectivity index (χ4v) is 1.93. The van der Waals surface area contributed by atoms with Gasteiger partial charge in [0.2, 0.25) is 5.91 Å². The molecule has 0 aromatic carbocycles. The van der Waals surface area contributed by atoms with E-state index in [2.05, 4.69) is 10.3 Å². The second-order valence-electron chi connectivity index (χ2n) is 4.42. The van der Waals surface area contributed by atoms with Crippen LogP contribution in [0.4, 0.5) is 19.0 Å². The normalized spacial score (nSPS) is 21.4. The van der Waals surface area contributed by atoms with Gasteiger partial charge in [0.25, 0.3) is 0 Å². The topological polar surface area (TPSA) is 68.3 Å². The van der Waals surface area contributed by atoms with Gasteiger partial charge in [0, 0.05) is 11.8 Å². The monoisotopic (exact) mass is 288 g/mol. The van der Waals surface area contributed by atoms with E-state index in [0.717, 1.165) is 6.07 Å². The molecule has 1 aromatic heterocycles. The van der Waals surface area contributed by atoms with E-state index in [4.69, 9.17) is 4.74 Å². The number of alkyl halides is 3. The third-order valence-corrected chi connectivity index (χ3v) is 3.12. The minimum absolute atomic E-state index is 0.0173. The minimum atomic E-state index is -4.61. The van der Waals surface area contributed by atoms with E-state index in [1.165, 1.54) is 6.92 Å². The van der Waals surface area contributed by atoms with Gasteiger partial charge in [-0.3, -0.25) is 9.59 Å². The summed E-state index contributed by atoms with van der Waals surface area (Å²) in [5.74, 6) is -1.71. The summed E-state index contributed by atoms with van der Waals surface area (Å²) in [6.45, 7) is 2.77. The second-order valence-corrected chi connectivity index (χ2v) is 4.42. The maximum absolute atomic E-state index is 12.7. The molecule has 108 valence electrons.